The summed E-state index contributed by atoms with van der Waals surface area (Å²) in [5, 5.41) is 26.3. The molecule has 0 saturated heterocycles. The molecule has 0 radical (unpaired) electrons. The van der Waals surface area contributed by atoms with Crippen LogP contribution in [0.5, 0.6) is 0 Å². The van der Waals surface area contributed by atoms with Crippen LogP contribution in [0.2, 0.25) is 0 Å². The van der Waals surface area contributed by atoms with Crippen LogP contribution in [0.25, 0.3) is 0 Å². The largest absolute Gasteiger partial charge is 0.510 e. The predicted octanol–water partition coefficient (Wildman–Crippen LogP) is 0.204. The predicted molar refractivity (Wildman–Crippen MR) is 37.1 cm³/mol. The van der Waals surface area contributed by atoms with Crippen molar-refractivity contribution in [3.05, 3.63) is 23.5 Å². The summed E-state index contributed by atoms with van der Waals surface area (Å²) in [5.41, 5.74) is 0.0211. The molecule has 1 aliphatic carbocycles. The zero-order chi connectivity index (χ0) is 8.43. The van der Waals surface area contributed by atoms with E-state index in [0.29, 0.717) is 0 Å². The van der Waals surface area contributed by atoms with E-state index in [0.717, 1.165) is 6.08 Å². The molecular formula is C7H8O4. The molecule has 1 unspecified atom stereocenters. The second-order valence-electron chi connectivity index (χ2n) is 2.29. The fraction of sp³-hybridized carbons (Fsp3) is 0.286. The van der Waals surface area contributed by atoms with Crippen LogP contribution in [-0.4, -0.2) is 27.4 Å². The molecule has 1 atom stereocenters. The van der Waals surface area contributed by atoms with Gasteiger partial charge in [0.15, 0.2) is 0 Å². The Balaban J connectivity index is 2.83. The number of hydrogen-bond acceptors (Lipinski definition) is 3. The van der Waals surface area contributed by atoms with Gasteiger partial charge in [0.05, 0.1) is 5.57 Å². The molecule has 0 aromatic carbocycles. The van der Waals surface area contributed by atoms with Gasteiger partial charge in [-0.1, -0.05) is 6.08 Å². The van der Waals surface area contributed by atoms with Crippen molar-refractivity contribution in [2.45, 2.75) is 12.5 Å². The van der Waals surface area contributed by atoms with Crippen LogP contribution in [0, 0.1) is 0 Å². The number of carboxylic acid groups (broad SMARTS) is 1. The second kappa shape index (κ2) is 2.75. The van der Waals surface area contributed by atoms with Crippen LogP contribution < -0.4 is 0 Å². The Kier molecular flexibility index (Phi) is 1.96. The molecule has 0 aliphatic heterocycles. The monoisotopic (exact) mass is 156 g/mol. The number of aliphatic hydroxyl groups excluding tert-OH is 2. The van der Waals surface area contributed by atoms with Gasteiger partial charge in [0.1, 0.15) is 11.9 Å². The van der Waals surface area contributed by atoms with Crippen LogP contribution in [0.15, 0.2) is 23.5 Å². The Morgan fingerprint density at radius 1 is 1.64 bits per heavy atom. The van der Waals surface area contributed by atoms with E-state index in [9.17, 15) is 4.79 Å². The Labute approximate surface area is 63.1 Å². The van der Waals surface area contributed by atoms with Gasteiger partial charge >= 0.3 is 5.97 Å². The summed E-state index contributed by atoms with van der Waals surface area (Å²) in [5.74, 6) is -1.38. The van der Waals surface area contributed by atoms with E-state index in [1.807, 2.05) is 0 Å². The van der Waals surface area contributed by atoms with E-state index in [4.69, 9.17) is 15.3 Å². The minimum Gasteiger partial charge on any atom is -0.510 e. The van der Waals surface area contributed by atoms with Gasteiger partial charge < -0.3 is 15.3 Å². The molecule has 0 aromatic rings. The Morgan fingerprint density at radius 3 is 2.73 bits per heavy atom. The summed E-state index contributed by atoms with van der Waals surface area (Å²) in [6, 6.07) is 0. The van der Waals surface area contributed by atoms with Crippen molar-refractivity contribution >= 4 is 5.97 Å². The first-order valence-electron chi connectivity index (χ1n) is 3.13. The van der Waals surface area contributed by atoms with Crippen LogP contribution in [0.4, 0.5) is 0 Å². The molecule has 4 heteroatoms. The minimum atomic E-state index is -1.09. The third-order valence-corrected chi connectivity index (χ3v) is 1.45. The topological polar surface area (TPSA) is 77.8 Å². The van der Waals surface area contributed by atoms with E-state index in [-0.39, 0.29) is 17.8 Å². The Hall–Kier alpha value is -1.29. The van der Waals surface area contributed by atoms with Gasteiger partial charge in [0.25, 0.3) is 0 Å². The normalized spacial score (nSPS) is 23.9. The number of rotatable bonds is 1. The fourth-order valence-electron chi connectivity index (χ4n) is 0.823. The van der Waals surface area contributed by atoms with Crippen LogP contribution in [0.1, 0.15) is 6.42 Å². The molecule has 60 valence electrons. The van der Waals surface area contributed by atoms with Gasteiger partial charge in [-0.05, 0) is 12.5 Å². The standard InChI is InChI=1S/C7H8O4/c8-5-2-1-4(7(10)11)3-6(5)9/h1,3,5,8-9H,2H2,(H,10,11). The van der Waals surface area contributed by atoms with Crippen molar-refractivity contribution in [1.29, 1.82) is 0 Å². The summed E-state index contributed by atoms with van der Waals surface area (Å²) in [6.07, 6.45) is 1.63. The van der Waals surface area contributed by atoms with Gasteiger partial charge in [0, 0.05) is 0 Å². The summed E-state index contributed by atoms with van der Waals surface area (Å²) in [6.45, 7) is 0. The molecular weight excluding hydrogens is 148 g/mol. The maximum atomic E-state index is 10.3. The highest BCUT2D eigenvalue weighted by Gasteiger charge is 2.16. The first kappa shape index (κ1) is 7.81. The molecule has 0 bridgehead atoms. The minimum absolute atomic E-state index is 0.0211. The van der Waals surface area contributed by atoms with Gasteiger partial charge in [-0.15, -0.1) is 0 Å². The van der Waals surface area contributed by atoms with Crippen molar-refractivity contribution in [2.75, 3.05) is 0 Å². The number of aliphatic carboxylic acids is 1. The lowest BCUT2D eigenvalue weighted by molar-refractivity contribution is -0.132. The average molecular weight is 156 g/mol. The van der Waals surface area contributed by atoms with Crippen LogP contribution >= 0.6 is 0 Å². The second-order valence-corrected chi connectivity index (χ2v) is 2.29. The number of carboxylic acids is 1. The van der Waals surface area contributed by atoms with Crippen molar-refractivity contribution in [3.8, 4) is 0 Å². The van der Waals surface area contributed by atoms with E-state index in [1.165, 1.54) is 6.08 Å². The van der Waals surface area contributed by atoms with Crippen molar-refractivity contribution in [2.24, 2.45) is 0 Å². The lowest BCUT2D eigenvalue weighted by atomic mass is 10.0. The Morgan fingerprint density at radius 2 is 2.27 bits per heavy atom. The zero-order valence-electron chi connectivity index (χ0n) is 5.69. The SMILES string of the molecule is O=C(O)C1=CCC(O)C(O)=C1. The van der Waals surface area contributed by atoms with E-state index >= 15 is 0 Å². The highest BCUT2D eigenvalue weighted by atomic mass is 16.4. The molecule has 1 rings (SSSR count). The molecule has 0 amide bonds. The van der Waals surface area contributed by atoms with Crippen LogP contribution in [-0.2, 0) is 4.79 Å². The summed E-state index contributed by atoms with van der Waals surface area (Å²) in [4.78, 5) is 10.3. The third-order valence-electron chi connectivity index (χ3n) is 1.45. The molecule has 3 N–H and O–H groups in total. The maximum Gasteiger partial charge on any atom is 0.335 e. The third kappa shape index (κ3) is 1.59. The van der Waals surface area contributed by atoms with Crippen molar-refractivity contribution < 1.29 is 20.1 Å². The van der Waals surface area contributed by atoms with E-state index in [2.05, 4.69) is 0 Å². The number of aliphatic hydroxyl groups is 2. The quantitative estimate of drug-likeness (QED) is 0.507. The molecule has 1 aliphatic rings. The van der Waals surface area contributed by atoms with Crippen LogP contribution in [0.3, 0.4) is 0 Å². The number of hydrogen-bond donors (Lipinski definition) is 3. The molecule has 0 aromatic heterocycles. The molecule has 0 spiro atoms. The summed E-state index contributed by atoms with van der Waals surface area (Å²) in [7, 11) is 0. The van der Waals surface area contributed by atoms with Gasteiger partial charge in [-0.2, -0.15) is 0 Å². The first-order chi connectivity index (χ1) is 5.11. The highest BCUT2D eigenvalue weighted by Crippen LogP contribution is 2.15. The number of carbonyl (C=O) groups is 1. The molecule has 0 saturated carbocycles. The smallest absolute Gasteiger partial charge is 0.335 e. The van der Waals surface area contributed by atoms with E-state index < -0.39 is 12.1 Å². The van der Waals surface area contributed by atoms with Crippen molar-refractivity contribution in [1.82, 2.24) is 0 Å². The molecule has 0 fully saturated rings. The summed E-state index contributed by atoms with van der Waals surface area (Å²) >= 11 is 0. The molecule has 4 nitrogen and oxygen atoms in total. The lowest BCUT2D eigenvalue weighted by Gasteiger charge is -2.11. The average Bonchev–Trinajstić information content (AvgIpc) is 1.94. The summed E-state index contributed by atoms with van der Waals surface area (Å²) < 4.78 is 0. The van der Waals surface area contributed by atoms with Crippen molar-refractivity contribution in [3.63, 3.8) is 0 Å². The lowest BCUT2D eigenvalue weighted by Crippen LogP contribution is -2.15. The fourth-order valence-corrected chi connectivity index (χ4v) is 0.823. The van der Waals surface area contributed by atoms with Gasteiger partial charge in [-0.3, -0.25) is 0 Å². The first-order valence-corrected chi connectivity index (χ1v) is 3.13. The Bertz CT molecular complexity index is 239. The zero-order valence-corrected chi connectivity index (χ0v) is 5.69. The van der Waals surface area contributed by atoms with Gasteiger partial charge in [-0.25, -0.2) is 4.79 Å². The molecule has 11 heavy (non-hydrogen) atoms. The maximum absolute atomic E-state index is 10.3. The highest BCUT2D eigenvalue weighted by molar-refractivity contribution is 5.90. The molecule has 0 heterocycles. The van der Waals surface area contributed by atoms with E-state index in [1.54, 1.807) is 0 Å². The van der Waals surface area contributed by atoms with Gasteiger partial charge in [0.2, 0.25) is 0 Å².